The van der Waals surface area contributed by atoms with Crippen molar-refractivity contribution in [3.63, 3.8) is 0 Å². The molecule has 1 N–H and O–H groups in total. The van der Waals surface area contributed by atoms with Crippen LogP contribution in [0.5, 0.6) is 0 Å². The van der Waals surface area contributed by atoms with Gasteiger partial charge in [-0.15, -0.1) is 12.4 Å². The van der Waals surface area contributed by atoms with Crippen LogP contribution in [0.2, 0.25) is 0 Å². The summed E-state index contributed by atoms with van der Waals surface area (Å²) in [6.45, 7) is 3.24. The van der Waals surface area contributed by atoms with E-state index in [9.17, 15) is 4.79 Å². The van der Waals surface area contributed by atoms with E-state index >= 15 is 0 Å². The number of halogens is 2. The molecular weight excluding hydrogens is 377 g/mol. The summed E-state index contributed by atoms with van der Waals surface area (Å²) in [6, 6.07) is 7.92. The van der Waals surface area contributed by atoms with Crippen LogP contribution in [-0.2, 0) is 11.2 Å². The lowest BCUT2D eigenvalue weighted by Crippen LogP contribution is -2.01. The molecule has 0 spiro atoms. The van der Waals surface area contributed by atoms with Gasteiger partial charge >= 0.3 is 0 Å². The van der Waals surface area contributed by atoms with Gasteiger partial charge < -0.3 is 5.32 Å². The molecule has 0 aliphatic heterocycles. The number of carbonyl (C=O) groups excluding carboxylic acids is 1. The molecule has 0 amide bonds. The summed E-state index contributed by atoms with van der Waals surface area (Å²) in [6.07, 6.45) is 19.6. The van der Waals surface area contributed by atoms with Crippen molar-refractivity contribution in [2.24, 2.45) is 0 Å². The lowest BCUT2D eigenvalue weighted by atomic mass is 10.1. The fourth-order valence-corrected chi connectivity index (χ4v) is 3.14. The number of allylic oxidation sites excluding steroid dienone is 2. The highest BCUT2D eigenvalue weighted by Gasteiger charge is 1.99. The third-order valence-electron chi connectivity index (χ3n) is 4.56. The van der Waals surface area contributed by atoms with Crippen LogP contribution in [0.15, 0.2) is 36.4 Å². The quantitative estimate of drug-likeness (QED) is 0.171. The van der Waals surface area contributed by atoms with E-state index in [4.69, 9.17) is 11.6 Å². The molecule has 154 valence electrons. The third-order valence-corrected chi connectivity index (χ3v) is 4.70. The first-order valence-corrected chi connectivity index (χ1v) is 10.8. The Labute approximate surface area is 177 Å². The molecule has 0 unspecified atom stereocenters. The molecule has 0 fully saturated rings. The molecule has 0 aliphatic carbocycles. The fraction of sp³-hybridized carbons (Fsp3) is 0.609. The van der Waals surface area contributed by atoms with Crippen LogP contribution in [0.25, 0.3) is 0 Å². The predicted molar refractivity (Wildman–Crippen MR) is 122 cm³/mol. The van der Waals surface area contributed by atoms with Gasteiger partial charge in [-0.25, -0.2) is 0 Å². The van der Waals surface area contributed by atoms with Gasteiger partial charge in [0.1, 0.15) is 0 Å². The highest BCUT2D eigenvalue weighted by atomic mass is 35.5. The van der Waals surface area contributed by atoms with Gasteiger partial charge in [0.15, 0.2) is 0 Å². The molecule has 0 saturated carbocycles. The van der Waals surface area contributed by atoms with Crippen molar-refractivity contribution in [2.75, 3.05) is 11.9 Å². The first-order chi connectivity index (χ1) is 12.7. The number of carbonyl (C=O) groups is 1. The fourth-order valence-electron chi connectivity index (χ4n) is 2.99. The highest BCUT2D eigenvalue weighted by Crippen LogP contribution is 2.12. The van der Waals surface area contributed by atoms with Gasteiger partial charge in [0.05, 0.1) is 0 Å². The minimum atomic E-state index is -0.315. The van der Waals surface area contributed by atoms with Gasteiger partial charge in [0, 0.05) is 18.7 Å². The zero-order valence-electron chi connectivity index (χ0n) is 16.9. The van der Waals surface area contributed by atoms with E-state index in [-0.39, 0.29) is 17.6 Å². The van der Waals surface area contributed by atoms with Gasteiger partial charge in [-0.2, -0.15) is 0 Å². The SMILES string of the molecule is CCCCCCCCCC/C=C/CCCNc1ccc(CC(=O)Cl)cc1.Cl. The smallest absolute Gasteiger partial charge is 0.226 e. The molecule has 1 rings (SSSR count). The Bertz CT molecular complexity index is 500. The molecule has 0 saturated heterocycles. The molecule has 2 nitrogen and oxygen atoms in total. The van der Waals surface area contributed by atoms with Crippen molar-refractivity contribution in [2.45, 2.75) is 84.0 Å². The van der Waals surface area contributed by atoms with Gasteiger partial charge in [0.2, 0.25) is 5.24 Å². The lowest BCUT2D eigenvalue weighted by molar-refractivity contribution is -0.111. The highest BCUT2D eigenvalue weighted by molar-refractivity contribution is 6.63. The van der Waals surface area contributed by atoms with Crippen LogP contribution in [0.1, 0.15) is 83.1 Å². The summed E-state index contributed by atoms with van der Waals surface area (Å²) in [5, 5.41) is 3.10. The zero-order valence-corrected chi connectivity index (χ0v) is 18.4. The molecule has 0 radical (unpaired) electrons. The number of hydrogen-bond acceptors (Lipinski definition) is 2. The Hall–Kier alpha value is -0.990. The van der Waals surface area contributed by atoms with Crippen LogP contribution in [-0.4, -0.2) is 11.8 Å². The number of benzene rings is 1. The maximum atomic E-state index is 10.9. The standard InChI is InChI=1S/C23H36ClNO.ClH/c1-2-3-4-5-6-7-8-9-10-11-12-13-14-19-25-22-17-15-21(16-18-22)20-23(24)26;/h11-12,15-18,25H,2-10,13-14,19-20H2,1H3;1H/b12-11+;. The van der Waals surface area contributed by atoms with E-state index in [1.165, 1.54) is 57.8 Å². The summed E-state index contributed by atoms with van der Waals surface area (Å²) in [7, 11) is 0. The van der Waals surface area contributed by atoms with Crippen molar-refractivity contribution in [1.82, 2.24) is 0 Å². The molecule has 0 aromatic heterocycles. The second kappa shape index (κ2) is 18.4. The number of nitrogens with one attached hydrogen (secondary N) is 1. The van der Waals surface area contributed by atoms with E-state index in [1.807, 2.05) is 24.3 Å². The Balaban J connectivity index is 0.00000676. The topological polar surface area (TPSA) is 29.1 Å². The second-order valence-corrected chi connectivity index (χ2v) is 7.45. The molecule has 4 heteroatoms. The van der Waals surface area contributed by atoms with Crippen LogP contribution in [0.3, 0.4) is 0 Å². The zero-order chi connectivity index (χ0) is 18.9. The predicted octanol–water partition coefficient (Wildman–Crippen LogP) is 7.70. The van der Waals surface area contributed by atoms with Crippen LogP contribution in [0.4, 0.5) is 5.69 Å². The summed E-state index contributed by atoms with van der Waals surface area (Å²) in [4.78, 5) is 10.9. The number of hydrogen-bond donors (Lipinski definition) is 1. The Morgan fingerprint density at radius 1 is 0.889 bits per heavy atom. The minimum Gasteiger partial charge on any atom is -0.385 e. The monoisotopic (exact) mass is 413 g/mol. The minimum absolute atomic E-state index is 0. The average Bonchev–Trinajstić information content (AvgIpc) is 2.63. The van der Waals surface area contributed by atoms with E-state index in [2.05, 4.69) is 24.4 Å². The Kier molecular flexibility index (Phi) is 17.7. The first-order valence-electron chi connectivity index (χ1n) is 10.4. The molecule has 0 bridgehead atoms. The maximum absolute atomic E-state index is 10.9. The van der Waals surface area contributed by atoms with Gasteiger partial charge in [0.25, 0.3) is 0 Å². The molecular formula is C23H37Cl2NO. The van der Waals surface area contributed by atoms with Crippen LogP contribution < -0.4 is 5.32 Å². The Morgan fingerprint density at radius 2 is 1.44 bits per heavy atom. The molecule has 1 aromatic carbocycles. The Morgan fingerprint density at radius 3 is 2.04 bits per heavy atom. The van der Waals surface area contributed by atoms with Crippen molar-refractivity contribution in [3.8, 4) is 0 Å². The molecule has 27 heavy (non-hydrogen) atoms. The van der Waals surface area contributed by atoms with Gasteiger partial charge in [-0.1, -0.05) is 76.2 Å². The first kappa shape index (κ1) is 26.0. The van der Waals surface area contributed by atoms with Crippen LogP contribution in [0, 0.1) is 0 Å². The molecule has 1 aromatic rings. The van der Waals surface area contributed by atoms with Gasteiger partial charge in [-0.3, -0.25) is 4.79 Å². The van der Waals surface area contributed by atoms with Crippen molar-refractivity contribution >= 4 is 34.9 Å². The summed E-state index contributed by atoms with van der Waals surface area (Å²) >= 11 is 5.39. The summed E-state index contributed by atoms with van der Waals surface area (Å²) < 4.78 is 0. The number of anilines is 1. The lowest BCUT2D eigenvalue weighted by Gasteiger charge is -2.06. The number of rotatable bonds is 16. The molecule has 0 aliphatic rings. The van der Waals surface area contributed by atoms with E-state index in [0.717, 1.165) is 30.6 Å². The van der Waals surface area contributed by atoms with E-state index in [0.29, 0.717) is 6.42 Å². The van der Waals surface area contributed by atoms with E-state index < -0.39 is 0 Å². The van der Waals surface area contributed by atoms with E-state index in [1.54, 1.807) is 0 Å². The van der Waals surface area contributed by atoms with Crippen molar-refractivity contribution < 1.29 is 4.79 Å². The second-order valence-electron chi connectivity index (χ2n) is 7.03. The van der Waals surface area contributed by atoms with Gasteiger partial charge in [-0.05, 0) is 55.0 Å². The average molecular weight is 414 g/mol. The summed E-state index contributed by atoms with van der Waals surface area (Å²) in [5.41, 5.74) is 2.05. The third kappa shape index (κ3) is 15.7. The maximum Gasteiger partial charge on any atom is 0.226 e. The largest absolute Gasteiger partial charge is 0.385 e. The van der Waals surface area contributed by atoms with Crippen molar-refractivity contribution in [1.29, 1.82) is 0 Å². The van der Waals surface area contributed by atoms with Crippen LogP contribution >= 0.6 is 24.0 Å². The summed E-state index contributed by atoms with van der Waals surface area (Å²) in [5.74, 6) is 0. The molecule has 0 heterocycles. The number of unbranched alkanes of at least 4 members (excludes halogenated alkanes) is 9. The normalized spacial score (nSPS) is 10.7. The molecule has 0 atom stereocenters. The van der Waals surface area contributed by atoms with Crippen molar-refractivity contribution in [3.05, 3.63) is 42.0 Å².